The van der Waals surface area contributed by atoms with Gasteiger partial charge in [0.2, 0.25) is 0 Å². The van der Waals surface area contributed by atoms with E-state index in [0.717, 1.165) is 51.0 Å². The Balaban J connectivity index is 1.52. The minimum Gasteiger partial charge on any atom is -0.493 e. The lowest BCUT2D eigenvalue weighted by molar-refractivity contribution is 0.0982. The number of aromatic nitrogens is 1. The summed E-state index contributed by atoms with van der Waals surface area (Å²) < 4.78 is 11.3. The zero-order valence-electron chi connectivity index (χ0n) is 18.6. The van der Waals surface area contributed by atoms with Gasteiger partial charge in [-0.05, 0) is 43.5 Å². The molecule has 1 N–H and O–H groups in total. The summed E-state index contributed by atoms with van der Waals surface area (Å²) in [5.41, 5.74) is 3.93. The number of benzene rings is 1. The topological polar surface area (TPSA) is 49.9 Å². The lowest BCUT2D eigenvalue weighted by Crippen LogP contribution is -2.46. The Hall–Kier alpha value is -2.15. The van der Waals surface area contributed by atoms with E-state index < -0.39 is 0 Å². The number of anilines is 1. The van der Waals surface area contributed by atoms with Gasteiger partial charge in [-0.3, -0.25) is 4.90 Å². The molecule has 4 rings (SSSR count). The Labute approximate surface area is 180 Å². The van der Waals surface area contributed by atoms with Gasteiger partial charge in [0.1, 0.15) is 0 Å². The van der Waals surface area contributed by atoms with Gasteiger partial charge in [-0.15, -0.1) is 0 Å². The van der Waals surface area contributed by atoms with Gasteiger partial charge in [0.15, 0.2) is 11.6 Å². The highest BCUT2D eigenvalue weighted by molar-refractivity contribution is 5.54. The molecule has 2 aliphatic rings. The van der Waals surface area contributed by atoms with Gasteiger partial charge < -0.3 is 19.7 Å². The zero-order valence-corrected chi connectivity index (χ0v) is 18.6. The molecule has 2 saturated heterocycles. The Bertz CT molecular complexity index is 859. The molecule has 162 valence electrons. The van der Waals surface area contributed by atoms with Crippen LogP contribution in [0.25, 0.3) is 0 Å². The molecule has 2 unspecified atom stereocenters. The summed E-state index contributed by atoms with van der Waals surface area (Å²) in [6, 6.07) is 11.8. The second-order valence-corrected chi connectivity index (χ2v) is 8.45. The maximum Gasteiger partial charge on any atom is 0.171 e. The van der Waals surface area contributed by atoms with E-state index in [2.05, 4.69) is 66.2 Å². The van der Waals surface area contributed by atoms with Crippen LogP contribution < -0.4 is 15.0 Å². The Kier molecular flexibility index (Phi) is 6.56. The van der Waals surface area contributed by atoms with Gasteiger partial charge in [-0.2, -0.15) is 0 Å². The summed E-state index contributed by atoms with van der Waals surface area (Å²) in [5, 5.41) is 3.69. The van der Waals surface area contributed by atoms with Gasteiger partial charge in [0.05, 0.1) is 26.4 Å². The van der Waals surface area contributed by atoms with Crippen LogP contribution in [-0.2, 0) is 4.74 Å². The fourth-order valence-corrected chi connectivity index (χ4v) is 4.61. The molecular weight excluding hydrogens is 376 g/mol. The molecule has 0 spiro atoms. The minimum atomic E-state index is 0.274. The van der Waals surface area contributed by atoms with E-state index in [-0.39, 0.29) is 6.04 Å². The van der Waals surface area contributed by atoms with Crippen LogP contribution >= 0.6 is 0 Å². The number of rotatable bonds is 5. The third-order valence-electron chi connectivity index (χ3n) is 6.51. The number of methoxy groups -OCH3 is 1. The highest BCUT2D eigenvalue weighted by Gasteiger charge is 2.28. The SMILES string of the molecule is COc1cc([C@H](C)N2CCNC(c3ccccc3C)C2)cnc1N1CCOCC1C. The van der Waals surface area contributed by atoms with E-state index in [1.165, 1.54) is 16.7 Å². The van der Waals surface area contributed by atoms with E-state index in [4.69, 9.17) is 14.5 Å². The molecule has 2 aromatic rings. The van der Waals surface area contributed by atoms with Crippen LogP contribution in [0.1, 0.15) is 42.6 Å². The number of piperazine rings is 1. The fraction of sp³-hybridized carbons (Fsp3) is 0.542. The Morgan fingerprint density at radius 2 is 2.10 bits per heavy atom. The van der Waals surface area contributed by atoms with Crippen molar-refractivity contribution in [3.05, 3.63) is 53.2 Å². The third kappa shape index (κ3) is 4.31. The molecular formula is C24H34N4O2. The molecule has 6 nitrogen and oxygen atoms in total. The molecule has 2 aliphatic heterocycles. The van der Waals surface area contributed by atoms with Crippen molar-refractivity contribution in [2.45, 2.75) is 38.9 Å². The third-order valence-corrected chi connectivity index (χ3v) is 6.51. The van der Waals surface area contributed by atoms with Crippen LogP contribution in [-0.4, -0.2) is 62.4 Å². The number of morpholine rings is 1. The van der Waals surface area contributed by atoms with E-state index in [9.17, 15) is 0 Å². The van der Waals surface area contributed by atoms with Crippen LogP contribution in [0.4, 0.5) is 5.82 Å². The molecule has 3 heterocycles. The average molecular weight is 411 g/mol. The maximum absolute atomic E-state index is 5.76. The van der Waals surface area contributed by atoms with E-state index in [1.807, 2.05) is 6.20 Å². The number of ether oxygens (including phenoxy) is 2. The van der Waals surface area contributed by atoms with Gasteiger partial charge in [-0.1, -0.05) is 24.3 Å². The first-order chi connectivity index (χ1) is 14.6. The molecule has 0 radical (unpaired) electrons. The van der Waals surface area contributed by atoms with Crippen molar-refractivity contribution in [1.29, 1.82) is 0 Å². The van der Waals surface area contributed by atoms with Gasteiger partial charge in [0, 0.05) is 44.5 Å². The summed E-state index contributed by atoms with van der Waals surface area (Å²) in [6.45, 7) is 11.9. The van der Waals surface area contributed by atoms with E-state index >= 15 is 0 Å². The molecule has 0 amide bonds. The summed E-state index contributed by atoms with van der Waals surface area (Å²) in [4.78, 5) is 9.66. The summed E-state index contributed by atoms with van der Waals surface area (Å²) >= 11 is 0. The van der Waals surface area contributed by atoms with Crippen molar-refractivity contribution < 1.29 is 9.47 Å². The lowest BCUT2D eigenvalue weighted by atomic mass is 9.98. The fourth-order valence-electron chi connectivity index (χ4n) is 4.61. The van der Waals surface area contributed by atoms with E-state index in [1.54, 1.807) is 7.11 Å². The summed E-state index contributed by atoms with van der Waals surface area (Å²) in [7, 11) is 1.74. The lowest BCUT2D eigenvalue weighted by Gasteiger charge is -2.39. The van der Waals surface area contributed by atoms with Crippen LogP contribution in [0.15, 0.2) is 36.5 Å². The van der Waals surface area contributed by atoms with Crippen molar-refractivity contribution in [2.75, 3.05) is 51.4 Å². The predicted molar refractivity (Wildman–Crippen MR) is 120 cm³/mol. The molecule has 30 heavy (non-hydrogen) atoms. The van der Waals surface area contributed by atoms with Crippen LogP contribution in [0.2, 0.25) is 0 Å². The monoisotopic (exact) mass is 410 g/mol. The highest BCUT2D eigenvalue weighted by Crippen LogP contribution is 2.33. The summed E-state index contributed by atoms with van der Waals surface area (Å²) in [6.07, 6.45) is 2.02. The van der Waals surface area contributed by atoms with Crippen LogP contribution in [0.3, 0.4) is 0 Å². The largest absolute Gasteiger partial charge is 0.493 e. The molecule has 0 saturated carbocycles. The quantitative estimate of drug-likeness (QED) is 0.816. The Morgan fingerprint density at radius 3 is 2.87 bits per heavy atom. The van der Waals surface area contributed by atoms with Crippen molar-refractivity contribution in [2.24, 2.45) is 0 Å². The van der Waals surface area contributed by atoms with Crippen molar-refractivity contribution in [1.82, 2.24) is 15.2 Å². The predicted octanol–water partition coefficient (Wildman–Crippen LogP) is 3.33. The first kappa shape index (κ1) is 21.1. The number of pyridine rings is 1. The zero-order chi connectivity index (χ0) is 21.1. The standard InChI is InChI=1S/C24H34N4O2/c1-17-7-5-6-8-21(17)22-15-27(10-9-25-22)19(3)20-13-23(29-4)24(26-14-20)28-11-12-30-16-18(28)2/h5-8,13-14,18-19,22,25H,9-12,15-16H2,1-4H3/t18?,19-,22?/m0/s1. The summed E-state index contributed by atoms with van der Waals surface area (Å²) in [5.74, 6) is 1.76. The van der Waals surface area contributed by atoms with Gasteiger partial charge in [-0.25, -0.2) is 4.98 Å². The van der Waals surface area contributed by atoms with Crippen molar-refractivity contribution in [3.8, 4) is 5.75 Å². The number of hydrogen-bond acceptors (Lipinski definition) is 6. The molecule has 0 bridgehead atoms. The molecule has 3 atom stereocenters. The van der Waals surface area contributed by atoms with Crippen LogP contribution in [0.5, 0.6) is 5.75 Å². The number of nitrogens with one attached hydrogen (secondary N) is 1. The molecule has 2 fully saturated rings. The Morgan fingerprint density at radius 1 is 1.27 bits per heavy atom. The number of nitrogens with zero attached hydrogens (tertiary/aromatic N) is 3. The van der Waals surface area contributed by atoms with Crippen LogP contribution in [0, 0.1) is 6.92 Å². The highest BCUT2D eigenvalue weighted by atomic mass is 16.5. The van der Waals surface area contributed by atoms with E-state index in [0.29, 0.717) is 12.1 Å². The normalized spacial score (nSPS) is 23.9. The second kappa shape index (κ2) is 9.33. The first-order valence-electron chi connectivity index (χ1n) is 11.0. The van der Waals surface area contributed by atoms with Gasteiger partial charge >= 0.3 is 0 Å². The number of hydrogen-bond donors (Lipinski definition) is 1. The molecule has 1 aromatic heterocycles. The smallest absolute Gasteiger partial charge is 0.171 e. The maximum atomic E-state index is 5.76. The van der Waals surface area contributed by atoms with Crippen molar-refractivity contribution in [3.63, 3.8) is 0 Å². The van der Waals surface area contributed by atoms with Gasteiger partial charge in [0.25, 0.3) is 0 Å². The minimum absolute atomic E-state index is 0.274. The molecule has 1 aromatic carbocycles. The second-order valence-electron chi connectivity index (χ2n) is 8.45. The first-order valence-corrected chi connectivity index (χ1v) is 11.0. The average Bonchev–Trinajstić information content (AvgIpc) is 2.79. The molecule has 0 aliphatic carbocycles. The van der Waals surface area contributed by atoms with Crippen molar-refractivity contribution >= 4 is 5.82 Å². The number of aryl methyl sites for hydroxylation is 1. The molecule has 6 heteroatoms.